The summed E-state index contributed by atoms with van der Waals surface area (Å²) in [6.07, 6.45) is 4.99. The number of rotatable bonds is 7. The molecule has 1 fully saturated rings. The van der Waals surface area contributed by atoms with Gasteiger partial charge in [-0.15, -0.1) is 0 Å². The number of nitrogens with zero attached hydrogens (tertiary/aromatic N) is 1. The molecule has 1 heterocycles. The van der Waals surface area contributed by atoms with Crippen molar-refractivity contribution < 1.29 is 4.79 Å². The number of Topliss-reactive ketones (excluding diaryl/α,β-unsaturated/α-hetero) is 1. The normalized spacial score (nSPS) is 18.0. The van der Waals surface area contributed by atoms with Gasteiger partial charge >= 0.3 is 0 Å². The molecule has 1 saturated heterocycles. The van der Waals surface area contributed by atoms with Gasteiger partial charge in [-0.1, -0.05) is 79.2 Å². The molecule has 0 saturated carbocycles. The van der Waals surface area contributed by atoms with E-state index in [1.807, 2.05) is 30.3 Å². The molecular formula is C23H27NO. The Kier molecular flexibility index (Phi) is 6.19. The molecule has 0 spiro atoms. The molecule has 0 amide bonds. The van der Waals surface area contributed by atoms with Gasteiger partial charge in [0.2, 0.25) is 0 Å². The Bertz CT molecular complexity index is 693. The summed E-state index contributed by atoms with van der Waals surface area (Å²) in [7, 11) is 0. The number of hydrogen-bond donors (Lipinski definition) is 0. The van der Waals surface area contributed by atoms with Gasteiger partial charge in [-0.05, 0) is 31.4 Å². The van der Waals surface area contributed by atoms with Crippen LogP contribution in [0.15, 0.2) is 72.8 Å². The third-order valence-corrected chi connectivity index (χ3v) is 5.08. The van der Waals surface area contributed by atoms with E-state index in [0.29, 0.717) is 12.5 Å². The Labute approximate surface area is 151 Å². The number of ketones is 1. The Morgan fingerprint density at radius 3 is 2.36 bits per heavy atom. The lowest BCUT2D eigenvalue weighted by Crippen LogP contribution is -2.40. The van der Waals surface area contributed by atoms with E-state index in [-0.39, 0.29) is 5.78 Å². The molecule has 1 aliphatic rings. The van der Waals surface area contributed by atoms with Gasteiger partial charge in [-0.2, -0.15) is 0 Å². The Balaban J connectivity index is 1.58. The van der Waals surface area contributed by atoms with Gasteiger partial charge in [0.05, 0.1) is 0 Å². The lowest BCUT2D eigenvalue weighted by molar-refractivity contribution is 0.0979. The second kappa shape index (κ2) is 8.77. The van der Waals surface area contributed by atoms with E-state index >= 15 is 0 Å². The maximum absolute atomic E-state index is 12.3. The molecule has 1 aliphatic heterocycles. The van der Waals surface area contributed by atoms with E-state index in [4.69, 9.17) is 0 Å². The molecule has 0 bridgehead atoms. The van der Waals surface area contributed by atoms with Crippen LogP contribution in [0.2, 0.25) is 0 Å². The van der Waals surface area contributed by atoms with Crippen molar-refractivity contribution in [1.29, 1.82) is 0 Å². The largest absolute Gasteiger partial charge is 0.294 e. The first-order chi connectivity index (χ1) is 12.2. The first kappa shape index (κ1) is 17.6. The average molecular weight is 333 g/mol. The molecule has 2 heteroatoms. The van der Waals surface area contributed by atoms with Gasteiger partial charge in [0, 0.05) is 24.6 Å². The minimum Gasteiger partial charge on any atom is -0.294 e. The molecule has 25 heavy (non-hydrogen) atoms. The number of piperidine rings is 1. The fourth-order valence-corrected chi connectivity index (χ4v) is 3.67. The van der Waals surface area contributed by atoms with Crippen LogP contribution in [-0.4, -0.2) is 23.3 Å². The van der Waals surface area contributed by atoms with Gasteiger partial charge < -0.3 is 0 Å². The first-order valence-electron chi connectivity index (χ1n) is 9.28. The van der Waals surface area contributed by atoms with Crippen molar-refractivity contribution in [2.24, 2.45) is 0 Å². The van der Waals surface area contributed by atoms with Crippen LogP contribution in [0.5, 0.6) is 0 Å². The zero-order valence-corrected chi connectivity index (χ0v) is 14.9. The molecule has 0 aliphatic carbocycles. The zero-order chi connectivity index (χ0) is 17.5. The Morgan fingerprint density at radius 1 is 0.960 bits per heavy atom. The summed E-state index contributed by atoms with van der Waals surface area (Å²) >= 11 is 0. The molecule has 1 atom stereocenters. The summed E-state index contributed by atoms with van der Waals surface area (Å²) in [4.78, 5) is 14.9. The Hall–Kier alpha value is -2.19. The van der Waals surface area contributed by atoms with Crippen LogP contribution < -0.4 is 0 Å². The number of hydrogen-bond acceptors (Lipinski definition) is 2. The summed E-state index contributed by atoms with van der Waals surface area (Å²) in [5.74, 6) is 0.215. The van der Waals surface area contributed by atoms with E-state index in [2.05, 4.69) is 41.8 Å². The van der Waals surface area contributed by atoms with E-state index in [1.54, 1.807) is 0 Å². The monoisotopic (exact) mass is 333 g/mol. The van der Waals surface area contributed by atoms with Gasteiger partial charge in [0.15, 0.2) is 5.78 Å². The van der Waals surface area contributed by atoms with E-state index in [9.17, 15) is 4.79 Å². The van der Waals surface area contributed by atoms with Crippen molar-refractivity contribution in [2.45, 2.75) is 44.7 Å². The van der Waals surface area contributed by atoms with Gasteiger partial charge in [0.1, 0.15) is 0 Å². The maximum atomic E-state index is 12.3. The van der Waals surface area contributed by atoms with Crippen LogP contribution >= 0.6 is 0 Å². The summed E-state index contributed by atoms with van der Waals surface area (Å²) in [5.41, 5.74) is 3.36. The van der Waals surface area contributed by atoms with Crippen molar-refractivity contribution in [3.63, 3.8) is 0 Å². The predicted octanol–water partition coefficient (Wildman–Crippen LogP) is 5.26. The van der Waals surface area contributed by atoms with Gasteiger partial charge in [0.25, 0.3) is 0 Å². The minimum atomic E-state index is 0.215. The number of carbonyl (C=O) groups excluding carboxylic acids is 1. The third-order valence-electron chi connectivity index (χ3n) is 5.08. The topological polar surface area (TPSA) is 20.3 Å². The third kappa shape index (κ3) is 4.90. The Morgan fingerprint density at radius 2 is 1.64 bits per heavy atom. The van der Waals surface area contributed by atoms with Crippen LogP contribution in [0.4, 0.5) is 0 Å². The molecule has 2 aromatic rings. The molecule has 0 radical (unpaired) electrons. The van der Waals surface area contributed by atoms with Crippen LogP contribution in [0, 0.1) is 0 Å². The van der Waals surface area contributed by atoms with E-state index in [0.717, 1.165) is 31.5 Å². The highest BCUT2D eigenvalue weighted by Crippen LogP contribution is 2.27. The van der Waals surface area contributed by atoms with Crippen molar-refractivity contribution in [3.05, 3.63) is 83.9 Å². The fraction of sp³-hybridized carbons (Fsp3) is 0.348. The molecule has 0 N–H and O–H groups in total. The van der Waals surface area contributed by atoms with Gasteiger partial charge in [-0.3, -0.25) is 9.69 Å². The standard InChI is InChI=1S/C23H27NO/c1-19(15-16-23(25)21-12-6-3-7-13-21)22-14-8-9-17-24(22)18-20-10-4-2-5-11-20/h2-7,10-13,22H,1,8-9,14-18H2. The van der Waals surface area contributed by atoms with Crippen LogP contribution in [-0.2, 0) is 6.54 Å². The number of benzene rings is 2. The smallest absolute Gasteiger partial charge is 0.163 e. The zero-order valence-electron chi connectivity index (χ0n) is 14.9. The number of carbonyl (C=O) groups is 1. The van der Waals surface area contributed by atoms with Crippen LogP contribution in [0.25, 0.3) is 0 Å². The molecule has 0 aromatic heterocycles. The summed E-state index contributed by atoms with van der Waals surface area (Å²) in [6.45, 7) is 6.43. The van der Waals surface area contributed by atoms with Crippen molar-refractivity contribution in [1.82, 2.24) is 4.90 Å². The van der Waals surface area contributed by atoms with Crippen molar-refractivity contribution >= 4 is 5.78 Å². The lowest BCUT2D eigenvalue weighted by Gasteiger charge is -2.37. The SMILES string of the molecule is C=C(CCC(=O)c1ccccc1)C1CCCCN1Cc1ccccc1. The second-order valence-corrected chi connectivity index (χ2v) is 6.92. The molecule has 130 valence electrons. The highest BCUT2D eigenvalue weighted by Gasteiger charge is 2.24. The molecular weight excluding hydrogens is 306 g/mol. The first-order valence-corrected chi connectivity index (χ1v) is 9.28. The highest BCUT2D eigenvalue weighted by atomic mass is 16.1. The average Bonchev–Trinajstić information content (AvgIpc) is 2.68. The van der Waals surface area contributed by atoms with E-state index in [1.165, 1.54) is 24.0 Å². The summed E-state index contributed by atoms with van der Waals surface area (Å²) in [6, 6.07) is 20.6. The quantitative estimate of drug-likeness (QED) is 0.509. The maximum Gasteiger partial charge on any atom is 0.163 e. The second-order valence-electron chi connectivity index (χ2n) is 6.92. The molecule has 3 rings (SSSR count). The fourth-order valence-electron chi connectivity index (χ4n) is 3.67. The summed E-state index contributed by atoms with van der Waals surface area (Å²) in [5, 5.41) is 0. The van der Waals surface area contributed by atoms with Gasteiger partial charge in [-0.25, -0.2) is 0 Å². The van der Waals surface area contributed by atoms with Crippen LogP contribution in [0.3, 0.4) is 0 Å². The van der Waals surface area contributed by atoms with Crippen molar-refractivity contribution in [2.75, 3.05) is 6.54 Å². The molecule has 2 aromatic carbocycles. The van der Waals surface area contributed by atoms with E-state index < -0.39 is 0 Å². The van der Waals surface area contributed by atoms with Crippen molar-refractivity contribution in [3.8, 4) is 0 Å². The number of likely N-dealkylation sites (tertiary alicyclic amines) is 1. The lowest BCUT2D eigenvalue weighted by atomic mass is 9.91. The minimum absolute atomic E-state index is 0.215. The predicted molar refractivity (Wildman–Crippen MR) is 104 cm³/mol. The molecule has 1 unspecified atom stereocenters. The highest BCUT2D eigenvalue weighted by molar-refractivity contribution is 5.96. The van der Waals surface area contributed by atoms with Crippen LogP contribution in [0.1, 0.15) is 48.0 Å². The molecule has 2 nitrogen and oxygen atoms in total. The summed E-state index contributed by atoms with van der Waals surface area (Å²) < 4.78 is 0.